The molecule has 0 amide bonds. The van der Waals surface area contributed by atoms with Crippen molar-refractivity contribution >= 4 is 17.2 Å². The highest BCUT2D eigenvalue weighted by molar-refractivity contribution is 7.12. The predicted octanol–water partition coefficient (Wildman–Crippen LogP) is 2.18. The van der Waals surface area contributed by atoms with Crippen LogP contribution in [-0.4, -0.2) is 11.9 Å². The fourth-order valence-corrected chi connectivity index (χ4v) is 3.17. The van der Waals surface area contributed by atoms with Crippen LogP contribution in [0, 0.1) is 5.92 Å². The molecule has 3 heteroatoms. The van der Waals surface area contributed by atoms with E-state index < -0.39 is 0 Å². The first-order chi connectivity index (χ1) is 6.84. The lowest BCUT2D eigenvalue weighted by Crippen LogP contribution is -2.33. The molecular weight excluding hydrogens is 192 g/mol. The van der Waals surface area contributed by atoms with Gasteiger partial charge in [-0.2, -0.15) is 0 Å². The lowest BCUT2D eigenvalue weighted by molar-refractivity contribution is 0.260. The molecule has 2 N–H and O–H groups in total. The number of thiophene rings is 1. The highest BCUT2D eigenvalue weighted by Crippen LogP contribution is 2.36. The molecule has 0 spiro atoms. The number of nitrogens with two attached hydrogens (primary N) is 1. The van der Waals surface area contributed by atoms with Gasteiger partial charge >= 0.3 is 0 Å². The minimum absolute atomic E-state index is 0.478. The molecule has 3 rings (SSSR count). The molecule has 1 aliphatic carbocycles. The molecule has 1 unspecified atom stereocenters. The first kappa shape index (κ1) is 8.48. The van der Waals surface area contributed by atoms with Crippen LogP contribution in [0.1, 0.15) is 29.7 Å². The molecule has 74 valence electrons. The lowest BCUT2D eigenvalue weighted by Gasteiger charge is -2.33. The smallest absolute Gasteiger partial charge is 0.136 e. The summed E-state index contributed by atoms with van der Waals surface area (Å²) < 4.78 is 0. The number of fused-ring (bicyclic) bond motifs is 1. The molecule has 1 aromatic rings. The van der Waals surface area contributed by atoms with E-state index in [-0.39, 0.29) is 0 Å². The van der Waals surface area contributed by atoms with Crippen LogP contribution >= 0.6 is 11.3 Å². The largest absolute Gasteiger partial charge is 0.383 e. The monoisotopic (exact) mass is 206 g/mol. The fraction of sp³-hybridized carbons (Fsp3) is 0.545. The first-order valence-corrected chi connectivity index (χ1v) is 6.12. The third-order valence-corrected chi connectivity index (χ3v) is 4.39. The fourth-order valence-electron chi connectivity index (χ4n) is 2.33. The van der Waals surface area contributed by atoms with Crippen LogP contribution in [0.15, 0.2) is 16.4 Å². The van der Waals surface area contributed by atoms with E-state index in [1.54, 1.807) is 11.3 Å². The van der Waals surface area contributed by atoms with Gasteiger partial charge in [0.1, 0.15) is 5.84 Å². The van der Waals surface area contributed by atoms with Crippen LogP contribution < -0.4 is 5.73 Å². The first-order valence-electron chi connectivity index (χ1n) is 5.24. The molecule has 1 fully saturated rings. The van der Waals surface area contributed by atoms with Crippen molar-refractivity contribution in [3.05, 3.63) is 21.9 Å². The number of rotatable bonds is 1. The second-order valence-electron chi connectivity index (χ2n) is 4.25. The van der Waals surface area contributed by atoms with Crippen LogP contribution in [0.25, 0.3) is 0 Å². The summed E-state index contributed by atoms with van der Waals surface area (Å²) in [5.41, 5.74) is 7.37. The van der Waals surface area contributed by atoms with E-state index in [2.05, 4.69) is 16.4 Å². The van der Waals surface area contributed by atoms with Gasteiger partial charge in [-0.15, -0.1) is 11.3 Å². The van der Waals surface area contributed by atoms with Crippen molar-refractivity contribution in [1.82, 2.24) is 0 Å². The van der Waals surface area contributed by atoms with Crippen molar-refractivity contribution in [2.24, 2.45) is 16.6 Å². The van der Waals surface area contributed by atoms with Gasteiger partial charge in [0.15, 0.2) is 0 Å². The topological polar surface area (TPSA) is 38.4 Å². The maximum absolute atomic E-state index is 5.96. The molecule has 2 nitrogen and oxygen atoms in total. The number of hydrogen-bond donors (Lipinski definition) is 1. The van der Waals surface area contributed by atoms with Gasteiger partial charge in [0, 0.05) is 0 Å². The zero-order chi connectivity index (χ0) is 9.54. The van der Waals surface area contributed by atoms with Crippen molar-refractivity contribution in [1.29, 1.82) is 0 Å². The van der Waals surface area contributed by atoms with E-state index in [1.165, 1.54) is 29.7 Å². The molecule has 2 aliphatic rings. The molecule has 2 heterocycles. The summed E-state index contributed by atoms with van der Waals surface area (Å²) >= 11 is 1.72. The third-order valence-electron chi connectivity index (χ3n) is 3.41. The molecule has 0 bridgehead atoms. The summed E-state index contributed by atoms with van der Waals surface area (Å²) in [7, 11) is 0. The van der Waals surface area contributed by atoms with Gasteiger partial charge in [-0.3, -0.25) is 4.99 Å². The Morgan fingerprint density at radius 1 is 1.43 bits per heavy atom. The Labute approximate surface area is 87.8 Å². The maximum atomic E-state index is 5.96. The lowest BCUT2D eigenvalue weighted by atomic mass is 9.77. The average Bonchev–Trinajstić information content (AvgIpc) is 2.48. The van der Waals surface area contributed by atoms with Gasteiger partial charge in [-0.05, 0) is 42.2 Å². The van der Waals surface area contributed by atoms with Gasteiger partial charge in [-0.25, -0.2) is 0 Å². The summed E-state index contributed by atoms with van der Waals surface area (Å²) in [6, 6.07) is 2.68. The van der Waals surface area contributed by atoms with Crippen molar-refractivity contribution in [3.63, 3.8) is 0 Å². The molecule has 0 aromatic carbocycles. The van der Waals surface area contributed by atoms with Crippen molar-refractivity contribution in [2.45, 2.75) is 31.7 Å². The Bertz CT molecular complexity index is 376. The van der Waals surface area contributed by atoms with Crippen LogP contribution in [0.3, 0.4) is 0 Å². The predicted molar refractivity (Wildman–Crippen MR) is 59.9 cm³/mol. The molecule has 1 saturated carbocycles. The summed E-state index contributed by atoms with van der Waals surface area (Å²) in [5, 5.41) is 2.12. The molecule has 0 radical (unpaired) electrons. The van der Waals surface area contributed by atoms with E-state index in [1.807, 2.05) is 0 Å². The zero-order valence-electron chi connectivity index (χ0n) is 8.07. The third kappa shape index (κ3) is 1.19. The number of nitrogens with zero attached hydrogens (tertiary/aromatic N) is 1. The number of hydrogen-bond acceptors (Lipinski definition) is 3. The number of amidine groups is 1. The number of aliphatic imine (C=N–C) groups is 1. The second kappa shape index (κ2) is 3.09. The maximum Gasteiger partial charge on any atom is 0.136 e. The molecular formula is C11H14N2S. The SMILES string of the molecule is NC1=NC(C2CCC2)Cc2ccsc21. The second-order valence-corrected chi connectivity index (χ2v) is 5.17. The quantitative estimate of drug-likeness (QED) is 0.751. The molecule has 1 atom stereocenters. The Kier molecular flexibility index (Phi) is 1.87. The van der Waals surface area contributed by atoms with Crippen LogP contribution in [0.2, 0.25) is 0 Å². The minimum Gasteiger partial charge on any atom is -0.383 e. The van der Waals surface area contributed by atoms with Gasteiger partial charge in [0.25, 0.3) is 0 Å². The summed E-state index contributed by atoms with van der Waals surface area (Å²) in [4.78, 5) is 5.83. The summed E-state index contributed by atoms with van der Waals surface area (Å²) in [6.45, 7) is 0. The highest BCUT2D eigenvalue weighted by atomic mass is 32.1. The van der Waals surface area contributed by atoms with Crippen LogP contribution in [0.5, 0.6) is 0 Å². The van der Waals surface area contributed by atoms with E-state index in [0.29, 0.717) is 6.04 Å². The van der Waals surface area contributed by atoms with E-state index in [9.17, 15) is 0 Å². The van der Waals surface area contributed by atoms with Gasteiger partial charge in [0.2, 0.25) is 0 Å². The normalized spacial score (nSPS) is 26.6. The van der Waals surface area contributed by atoms with Crippen molar-refractivity contribution in [2.75, 3.05) is 0 Å². The molecule has 1 aromatic heterocycles. The van der Waals surface area contributed by atoms with E-state index >= 15 is 0 Å². The minimum atomic E-state index is 0.478. The molecule has 14 heavy (non-hydrogen) atoms. The Hall–Kier alpha value is -0.830. The average molecular weight is 206 g/mol. The Balaban J connectivity index is 1.90. The van der Waals surface area contributed by atoms with Gasteiger partial charge in [-0.1, -0.05) is 6.42 Å². The van der Waals surface area contributed by atoms with Crippen molar-refractivity contribution in [3.8, 4) is 0 Å². The highest BCUT2D eigenvalue weighted by Gasteiger charge is 2.30. The van der Waals surface area contributed by atoms with E-state index in [0.717, 1.165) is 18.2 Å². The summed E-state index contributed by atoms with van der Waals surface area (Å²) in [6.07, 6.45) is 5.19. The van der Waals surface area contributed by atoms with Gasteiger partial charge in [0.05, 0.1) is 10.9 Å². The summed E-state index contributed by atoms with van der Waals surface area (Å²) in [5.74, 6) is 1.58. The van der Waals surface area contributed by atoms with Gasteiger partial charge < -0.3 is 5.73 Å². The Morgan fingerprint density at radius 2 is 2.29 bits per heavy atom. The standard InChI is InChI=1S/C11H14N2S/c12-11-10-8(4-5-14-10)6-9(13-11)7-2-1-3-7/h4-5,7,9H,1-3,6H2,(H2,12,13). The molecule has 1 aliphatic heterocycles. The van der Waals surface area contributed by atoms with Crippen molar-refractivity contribution < 1.29 is 0 Å². The Morgan fingerprint density at radius 3 is 3.00 bits per heavy atom. The molecule has 0 saturated heterocycles. The zero-order valence-corrected chi connectivity index (χ0v) is 8.89. The van der Waals surface area contributed by atoms with Crippen LogP contribution in [0.4, 0.5) is 0 Å². The van der Waals surface area contributed by atoms with Crippen LogP contribution in [-0.2, 0) is 6.42 Å². The van der Waals surface area contributed by atoms with E-state index in [4.69, 9.17) is 5.73 Å².